The summed E-state index contributed by atoms with van der Waals surface area (Å²) in [5.41, 5.74) is -0.221. The van der Waals surface area contributed by atoms with Crippen molar-refractivity contribution in [3.63, 3.8) is 0 Å². The smallest absolute Gasteiger partial charge is 0.409 e. The molecular weight excluding hydrogens is 250 g/mol. The van der Waals surface area contributed by atoms with Gasteiger partial charge in [-0.05, 0) is 19.8 Å². The number of carbonyl (C=O) groups excluding carboxylic acids is 1. The molecule has 1 aliphatic rings. The van der Waals surface area contributed by atoms with Crippen molar-refractivity contribution in [3.8, 4) is 12.3 Å². The Morgan fingerprint density at radius 3 is 2.55 bits per heavy atom. The van der Waals surface area contributed by atoms with Gasteiger partial charge in [0.15, 0.2) is 5.60 Å². The van der Waals surface area contributed by atoms with E-state index in [1.165, 1.54) is 6.42 Å². The molecule has 1 aromatic carbocycles. The largest absolute Gasteiger partial charge is 0.426 e. The molecule has 1 aromatic rings. The molecule has 0 radical (unpaired) electrons. The van der Waals surface area contributed by atoms with Gasteiger partial charge >= 0.3 is 6.09 Å². The number of benzene rings is 1. The van der Waals surface area contributed by atoms with Crippen molar-refractivity contribution >= 4 is 6.09 Å². The van der Waals surface area contributed by atoms with Gasteiger partial charge in [0.25, 0.3) is 0 Å². The van der Waals surface area contributed by atoms with E-state index in [2.05, 4.69) is 11.2 Å². The molecule has 1 atom stereocenters. The Labute approximate surface area is 120 Å². The van der Waals surface area contributed by atoms with Crippen LogP contribution in [-0.4, -0.2) is 12.1 Å². The summed E-state index contributed by atoms with van der Waals surface area (Å²) in [6.07, 6.45) is 10.8. The van der Waals surface area contributed by atoms with Gasteiger partial charge in [-0.3, -0.25) is 0 Å². The van der Waals surface area contributed by atoms with Crippen LogP contribution in [0.15, 0.2) is 30.3 Å². The number of hydrogen-bond acceptors (Lipinski definition) is 2. The lowest BCUT2D eigenvalue weighted by molar-refractivity contribution is 0.0607. The summed E-state index contributed by atoms with van der Waals surface area (Å²) in [5, 5.41) is 2.92. The van der Waals surface area contributed by atoms with Crippen molar-refractivity contribution in [3.05, 3.63) is 35.9 Å². The van der Waals surface area contributed by atoms with Gasteiger partial charge in [0.05, 0.1) is 0 Å². The Bertz CT molecular complexity index is 485. The molecule has 1 fully saturated rings. The molecule has 20 heavy (non-hydrogen) atoms. The molecule has 1 unspecified atom stereocenters. The second-order valence-corrected chi connectivity index (χ2v) is 5.41. The van der Waals surface area contributed by atoms with E-state index in [0.717, 1.165) is 31.2 Å². The molecule has 0 saturated heterocycles. The molecular formula is C17H21NO2. The molecule has 3 nitrogen and oxygen atoms in total. The highest BCUT2D eigenvalue weighted by atomic mass is 16.6. The minimum atomic E-state index is -1.03. The molecule has 0 aliphatic heterocycles. The summed E-state index contributed by atoms with van der Waals surface area (Å²) in [6, 6.07) is 9.62. The van der Waals surface area contributed by atoms with Gasteiger partial charge in [0.2, 0.25) is 0 Å². The number of alkyl carbamates (subject to hydrolysis) is 1. The van der Waals surface area contributed by atoms with E-state index < -0.39 is 11.7 Å². The summed E-state index contributed by atoms with van der Waals surface area (Å²) < 4.78 is 5.49. The van der Waals surface area contributed by atoms with Crippen molar-refractivity contribution in [2.24, 2.45) is 0 Å². The Morgan fingerprint density at radius 2 is 1.95 bits per heavy atom. The Kier molecular flexibility index (Phi) is 4.68. The lowest BCUT2D eigenvalue weighted by Crippen LogP contribution is -2.40. The molecule has 1 saturated carbocycles. The summed E-state index contributed by atoms with van der Waals surface area (Å²) in [7, 11) is 0. The normalized spacial score (nSPS) is 18.6. The van der Waals surface area contributed by atoms with Gasteiger partial charge in [-0.15, -0.1) is 6.42 Å². The zero-order valence-corrected chi connectivity index (χ0v) is 11.9. The fraction of sp³-hybridized carbons (Fsp3) is 0.471. The van der Waals surface area contributed by atoms with E-state index in [1.54, 1.807) is 6.92 Å². The number of rotatable bonds is 3. The van der Waals surface area contributed by atoms with Crippen LogP contribution in [0, 0.1) is 12.3 Å². The second-order valence-electron chi connectivity index (χ2n) is 5.41. The topological polar surface area (TPSA) is 38.3 Å². The third kappa shape index (κ3) is 3.54. The van der Waals surface area contributed by atoms with Gasteiger partial charge in [0.1, 0.15) is 0 Å². The van der Waals surface area contributed by atoms with Crippen molar-refractivity contribution in [1.82, 2.24) is 5.32 Å². The van der Waals surface area contributed by atoms with E-state index >= 15 is 0 Å². The lowest BCUT2D eigenvalue weighted by Gasteiger charge is -2.27. The van der Waals surface area contributed by atoms with E-state index in [0.29, 0.717) is 0 Å². The van der Waals surface area contributed by atoms with E-state index in [-0.39, 0.29) is 6.04 Å². The van der Waals surface area contributed by atoms with Crippen molar-refractivity contribution in [1.29, 1.82) is 0 Å². The maximum Gasteiger partial charge on any atom is 0.409 e. The standard InChI is InChI=1S/C17H21NO2/c1-3-17(2,14-10-6-4-7-11-14)20-16(19)18-15-12-8-5-9-13-15/h1,4,6-7,10-11,15H,5,8-9,12-13H2,2H3,(H,18,19). The number of carbonyl (C=O) groups is 1. The number of terminal acetylenes is 1. The van der Waals surface area contributed by atoms with Crippen LogP contribution in [0.5, 0.6) is 0 Å². The minimum absolute atomic E-state index is 0.217. The first-order chi connectivity index (χ1) is 9.64. The average molecular weight is 271 g/mol. The van der Waals surface area contributed by atoms with Gasteiger partial charge < -0.3 is 10.1 Å². The zero-order chi connectivity index (χ0) is 14.4. The Balaban J connectivity index is 1.99. The molecule has 0 aromatic heterocycles. The SMILES string of the molecule is C#CC(C)(OC(=O)NC1CCCCC1)c1ccccc1. The van der Waals surface area contributed by atoms with Crippen LogP contribution >= 0.6 is 0 Å². The Hall–Kier alpha value is -1.95. The predicted octanol–water partition coefficient (Wildman–Crippen LogP) is 3.59. The van der Waals surface area contributed by atoms with Crippen LogP contribution < -0.4 is 5.32 Å². The van der Waals surface area contributed by atoms with Crippen molar-refractivity contribution in [2.45, 2.75) is 50.7 Å². The fourth-order valence-corrected chi connectivity index (χ4v) is 2.56. The van der Waals surface area contributed by atoms with Crippen LogP contribution in [0.2, 0.25) is 0 Å². The number of hydrogen-bond donors (Lipinski definition) is 1. The molecule has 1 aliphatic carbocycles. The monoisotopic (exact) mass is 271 g/mol. The van der Waals surface area contributed by atoms with E-state index in [1.807, 2.05) is 30.3 Å². The zero-order valence-electron chi connectivity index (χ0n) is 11.9. The van der Waals surface area contributed by atoms with E-state index in [4.69, 9.17) is 11.2 Å². The molecule has 0 bridgehead atoms. The summed E-state index contributed by atoms with van der Waals surface area (Å²) in [4.78, 5) is 12.0. The van der Waals surface area contributed by atoms with Crippen molar-refractivity contribution < 1.29 is 9.53 Å². The van der Waals surface area contributed by atoms with Crippen molar-refractivity contribution in [2.75, 3.05) is 0 Å². The van der Waals surface area contributed by atoms with Crippen LogP contribution in [0.3, 0.4) is 0 Å². The lowest BCUT2D eigenvalue weighted by atomic mass is 9.95. The molecule has 3 heteroatoms. The molecule has 0 spiro atoms. The maximum absolute atomic E-state index is 12.0. The van der Waals surface area contributed by atoms with Crippen LogP contribution in [-0.2, 0) is 10.3 Å². The maximum atomic E-state index is 12.0. The first-order valence-corrected chi connectivity index (χ1v) is 7.17. The summed E-state index contributed by atoms with van der Waals surface area (Å²) in [5.74, 6) is 2.58. The van der Waals surface area contributed by atoms with Gasteiger partial charge in [-0.25, -0.2) is 4.79 Å². The van der Waals surface area contributed by atoms with Gasteiger partial charge in [-0.1, -0.05) is 55.5 Å². The highest BCUT2D eigenvalue weighted by Gasteiger charge is 2.29. The minimum Gasteiger partial charge on any atom is -0.426 e. The number of ether oxygens (including phenoxy) is 1. The highest BCUT2D eigenvalue weighted by molar-refractivity contribution is 5.69. The first kappa shape index (κ1) is 14.5. The average Bonchev–Trinajstić information content (AvgIpc) is 2.49. The van der Waals surface area contributed by atoms with Crippen LogP contribution in [0.1, 0.15) is 44.6 Å². The fourth-order valence-electron chi connectivity index (χ4n) is 2.56. The quantitative estimate of drug-likeness (QED) is 0.853. The Morgan fingerprint density at radius 1 is 1.30 bits per heavy atom. The third-order valence-electron chi connectivity index (χ3n) is 3.82. The summed E-state index contributed by atoms with van der Waals surface area (Å²) in [6.45, 7) is 1.74. The third-order valence-corrected chi connectivity index (χ3v) is 3.82. The number of nitrogens with one attached hydrogen (secondary N) is 1. The highest BCUT2D eigenvalue weighted by Crippen LogP contribution is 2.25. The molecule has 2 rings (SSSR count). The second kappa shape index (κ2) is 6.47. The van der Waals surface area contributed by atoms with Gasteiger partial charge in [-0.2, -0.15) is 0 Å². The molecule has 0 heterocycles. The van der Waals surface area contributed by atoms with Crippen LogP contribution in [0.4, 0.5) is 4.79 Å². The molecule has 106 valence electrons. The van der Waals surface area contributed by atoms with E-state index in [9.17, 15) is 4.79 Å². The summed E-state index contributed by atoms with van der Waals surface area (Å²) >= 11 is 0. The molecule has 1 amide bonds. The number of amides is 1. The van der Waals surface area contributed by atoms with Gasteiger partial charge in [0, 0.05) is 11.6 Å². The molecule has 1 N–H and O–H groups in total. The predicted molar refractivity (Wildman–Crippen MR) is 79.1 cm³/mol. The first-order valence-electron chi connectivity index (χ1n) is 7.17. The van der Waals surface area contributed by atoms with Crippen LogP contribution in [0.25, 0.3) is 0 Å².